The molecule has 0 radical (unpaired) electrons. The molecule has 6 rings (SSSR count). The number of anilines is 1. The molecule has 1 unspecified atom stereocenters. The van der Waals surface area contributed by atoms with Gasteiger partial charge in [-0.25, -0.2) is 9.78 Å². The topological polar surface area (TPSA) is 88.7 Å². The minimum absolute atomic E-state index is 0.00758. The highest BCUT2D eigenvalue weighted by atomic mass is 32.1. The normalized spacial score (nSPS) is 18.4. The number of carboxylic acid groups (broad SMARTS) is 1. The van der Waals surface area contributed by atoms with Gasteiger partial charge in [-0.05, 0) is 56.4 Å². The lowest BCUT2D eigenvalue weighted by atomic mass is 9.99. The third-order valence-corrected chi connectivity index (χ3v) is 8.37. The fraction of sp³-hybridized carbons (Fsp3) is 0.393. The predicted molar refractivity (Wildman–Crippen MR) is 140 cm³/mol. The van der Waals surface area contributed by atoms with Crippen LogP contribution in [0.3, 0.4) is 0 Å². The summed E-state index contributed by atoms with van der Waals surface area (Å²) in [6.45, 7) is 1.63. The van der Waals surface area contributed by atoms with Crippen molar-refractivity contribution < 1.29 is 32.3 Å². The molecule has 1 atom stereocenters. The van der Waals surface area contributed by atoms with Crippen LogP contribution in [0.1, 0.15) is 65.3 Å². The average Bonchev–Trinajstić information content (AvgIpc) is 3.60. The lowest BCUT2D eigenvalue weighted by Crippen LogP contribution is -2.24. The van der Waals surface area contributed by atoms with Gasteiger partial charge < -0.3 is 19.3 Å². The van der Waals surface area contributed by atoms with E-state index in [1.54, 1.807) is 24.3 Å². The molecule has 1 saturated carbocycles. The van der Waals surface area contributed by atoms with Gasteiger partial charge in [-0.2, -0.15) is 13.2 Å². The number of carboxylic acids is 1. The van der Waals surface area contributed by atoms with Crippen molar-refractivity contribution >= 4 is 32.7 Å². The van der Waals surface area contributed by atoms with Crippen molar-refractivity contribution in [3.8, 4) is 11.3 Å². The second-order valence-corrected chi connectivity index (χ2v) is 11.0. The number of thiazole rings is 1. The fourth-order valence-corrected chi connectivity index (χ4v) is 6.14. The maximum absolute atomic E-state index is 13.7. The van der Waals surface area contributed by atoms with Crippen LogP contribution in [0.25, 0.3) is 21.5 Å². The van der Waals surface area contributed by atoms with E-state index < -0.39 is 17.7 Å². The van der Waals surface area contributed by atoms with E-state index in [9.17, 15) is 23.1 Å². The Morgan fingerprint density at radius 2 is 1.95 bits per heavy atom. The Bertz CT molecular complexity index is 1510. The van der Waals surface area contributed by atoms with E-state index in [4.69, 9.17) is 14.2 Å². The third-order valence-electron chi connectivity index (χ3n) is 7.29. The molecule has 7 nitrogen and oxygen atoms in total. The van der Waals surface area contributed by atoms with Gasteiger partial charge in [0.25, 0.3) is 0 Å². The van der Waals surface area contributed by atoms with Gasteiger partial charge >= 0.3 is 12.1 Å². The zero-order valence-corrected chi connectivity index (χ0v) is 21.7. The summed E-state index contributed by atoms with van der Waals surface area (Å²) >= 11 is 1.47. The molecule has 2 fully saturated rings. The summed E-state index contributed by atoms with van der Waals surface area (Å²) in [5.74, 6) is -0.162. The Morgan fingerprint density at radius 3 is 2.72 bits per heavy atom. The average molecular weight is 558 g/mol. The first-order chi connectivity index (χ1) is 18.8. The molecule has 1 N–H and O–H groups in total. The van der Waals surface area contributed by atoms with Crippen LogP contribution in [0.4, 0.5) is 18.3 Å². The van der Waals surface area contributed by atoms with Gasteiger partial charge in [-0.1, -0.05) is 34.7 Å². The van der Waals surface area contributed by atoms with Crippen molar-refractivity contribution in [1.82, 2.24) is 10.1 Å². The van der Waals surface area contributed by atoms with E-state index in [1.165, 1.54) is 23.5 Å². The lowest BCUT2D eigenvalue weighted by molar-refractivity contribution is -0.137. The van der Waals surface area contributed by atoms with Gasteiger partial charge in [-0.3, -0.25) is 0 Å². The molecular weight excluding hydrogens is 531 g/mol. The van der Waals surface area contributed by atoms with Gasteiger partial charge in [0.1, 0.15) is 11.5 Å². The first kappa shape index (κ1) is 25.8. The van der Waals surface area contributed by atoms with Crippen molar-refractivity contribution in [2.45, 2.75) is 56.9 Å². The minimum Gasteiger partial charge on any atom is -0.478 e. The molecular formula is C28H26F3N3O4S. The molecule has 2 aliphatic rings. The first-order valence-corrected chi connectivity index (χ1v) is 13.7. The summed E-state index contributed by atoms with van der Waals surface area (Å²) in [6.07, 6.45) is -0.320. The SMILES string of the molecule is O=C(O)c1ccc2nc(N3CCCC(OCc4c(-c5ccccc5C(F)(F)F)noc4C4CC4)CC3)sc2c1. The Balaban J connectivity index is 1.17. The van der Waals surface area contributed by atoms with Crippen LogP contribution in [-0.4, -0.2) is 40.4 Å². The lowest BCUT2D eigenvalue weighted by Gasteiger charge is -2.19. The number of carbonyl (C=O) groups is 1. The van der Waals surface area contributed by atoms with E-state index in [-0.39, 0.29) is 35.4 Å². The molecule has 2 aromatic carbocycles. The number of benzene rings is 2. The van der Waals surface area contributed by atoms with Crippen LogP contribution < -0.4 is 4.90 Å². The van der Waals surface area contributed by atoms with Crippen molar-refractivity contribution in [2.24, 2.45) is 0 Å². The zero-order valence-electron chi connectivity index (χ0n) is 20.9. The van der Waals surface area contributed by atoms with Crippen molar-refractivity contribution in [1.29, 1.82) is 0 Å². The van der Waals surface area contributed by atoms with E-state index >= 15 is 0 Å². The monoisotopic (exact) mass is 557 g/mol. The molecule has 1 aliphatic heterocycles. The van der Waals surface area contributed by atoms with Gasteiger partial charge in [0, 0.05) is 30.1 Å². The number of rotatable bonds is 7. The van der Waals surface area contributed by atoms with Gasteiger partial charge in [-0.15, -0.1) is 0 Å². The van der Waals surface area contributed by atoms with E-state index in [1.807, 2.05) is 0 Å². The predicted octanol–water partition coefficient (Wildman–Crippen LogP) is 7.12. The first-order valence-electron chi connectivity index (χ1n) is 12.9. The summed E-state index contributed by atoms with van der Waals surface area (Å²) in [4.78, 5) is 18.2. The number of alkyl halides is 3. The molecule has 1 saturated heterocycles. The number of fused-ring (bicyclic) bond motifs is 1. The number of hydrogen-bond acceptors (Lipinski definition) is 7. The number of ether oxygens (including phenoxy) is 1. The van der Waals surface area contributed by atoms with Gasteiger partial charge in [0.2, 0.25) is 0 Å². The smallest absolute Gasteiger partial charge is 0.417 e. The van der Waals surface area contributed by atoms with E-state index in [0.29, 0.717) is 17.9 Å². The molecule has 11 heteroatoms. The Hall–Kier alpha value is -3.44. The molecule has 0 amide bonds. The van der Waals surface area contributed by atoms with Crippen LogP contribution in [0.15, 0.2) is 47.0 Å². The minimum atomic E-state index is -4.51. The van der Waals surface area contributed by atoms with Crippen LogP contribution in [-0.2, 0) is 17.5 Å². The largest absolute Gasteiger partial charge is 0.478 e. The second kappa shape index (κ2) is 10.3. The Morgan fingerprint density at radius 1 is 1.13 bits per heavy atom. The standard InChI is InChI=1S/C28H26F3N3O4S/c29-28(30,31)21-6-2-1-5-19(21)24-20(25(38-33-24)16-7-8-16)15-37-18-4-3-12-34(13-11-18)27-32-22-10-9-17(26(35)36)14-23(22)39-27/h1-2,5-6,9-10,14,16,18H,3-4,7-8,11-13,15H2,(H,35,36). The number of halogens is 3. The van der Waals surface area contributed by atoms with Crippen molar-refractivity contribution in [2.75, 3.05) is 18.0 Å². The summed E-state index contributed by atoms with van der Waals surface area (Å²) in [6, 6.07) is 10.4. The number of hydrogen-bond donors (Lipinski definition) is 1. The summed E-state index contributed by atoms with van der Waals surface area (Å²) < 4.78 is 53.9. The number of aromatic carboxylic acids is 1. The fourth-order valence-electron chi connectivity index (χ4n) is 5.08. The molecule has 0 spiro atoms. The van der Waals surface area contributed by atoms with Crippen LogP contribution in [0, 0.1) is 0 Å². The molecule has 0 bridgehead atoms. The Kier molecular flexibility index (Phi) is 6.80. The molecule has 4 aromatic rings. The maximum atomic E-state index is 13.7. The van der Waals surface area contributed by atoms with Crippen molar-refractivity contribution in [3.05, 3.63) is 64.9 Å². The summed E-state index contributed by atoms with van der Waals surface area (Å²) in [5, 5.41) is 14.2. The van der Waals surface area contributed by atoms with Crippen LogP contribution >= 0.6 is 11.3 Å². The maximum Gasteiger partial charge on any atom is 0.417 e. The number of aromatic nitrogens is 2. The van der Waals surface area contributed by atoms with Crippen molar-refractivity contribution in [3.63, 3.8) is 0 Å². The van der Waals surface area contributed by atoms with E-state index in [0.717, 1.165) is 60.1 Å². The quantitative estimate of drug-likeness (QED) is 0.259. The van der Waals surface area contributed by atoms with E-state index in [2.05, 4.69) is 10.1 Å². The third kappa shape index (κ3) is 5.38. The van der Waals surface area contributed by atoms with Crippen LogP contribution in [0.5, 0.6) is 0 Å². The zero-order chi connectivity index (χ0) is 27.1. The Labute approximate surface area is 226 Å². The highest BCUT2D eigenvalue weighted by Gasteiger charge is 2.37. The molecule has 2 aromatic heterocycles. The van der Waals surface area contributed by atoms with Gasteiger partial charge in [0.05, 0.1) is 34.1 Å². The highest BCUT2D eigenvalue weighted by Crippen LogP contribution is 2.46. The molecule has 204 valence electrons. The molecule has 39 heavy (non-hydrogen) atoms. The second-order valence-electron chi connectivity index (χ2n) is 10.0. The number of nitrogens with zero attached hydrogens (tertiary/aromatic N) is 3. The molecule has 1 aliphatic carbocycles. The highest BCUT2D eigenvalue weighted by molar-refractivity contribution is 7.22. The van der Waals surface area contributed by atoms with Gasteiger partial charge in [0.15, 0.2) is 5.13 Å². The van der Waals surface area contributed by atoms with Crippen LogP contribution in [0.2, 0.25) is 0 Å². The molecule has 3 heterocycles. The summed E-state index contributed by atoms with van der Waals surface area (Å²) in [5.41, 5.74) is 1.08. The summed E-state index contributed by atoms with van der Waals surface area (Å²) in [7, 11) is 0.